The number of rotatable bonds is 10. The minimum Gasteiger partial charge on any atom is -0.497 e. The molecule has 0 radical (unpaired) electrons. The molecule has 0 bridgehead atoms. The summed E-state index contributed by atoms with van der Waals surface area (Å²) in [6, 6.07) is 6.89. The third kappa shape index (κ3) is 5.61. The number of ether oxygens (including phenoxy) is 4. The van der Waals surface area contributed by atoms with Gasteiger partial charge in [-0.3, -0.25) is 9.69 Å². The molecule has 3 heterocycles. The zero-order chi connectivity index (χ0) is 29.3. The largest absolute Gasteiger partial charge is 0.497 e. The highest BCUT2D eigenvalue weighted by Gasteiger charge is 2.49. The summed E-state index contributed by atoms with van der Waals surface area (Å²) in [6.07, 6.45) is 1.01. The first-order valence-corrected chi connectivity index (χ1v) is 13.9. The lowest BCUT2D eigenvalue weighted by atomic mass is 9.95. The number of carbonyl (C=O) groups excluding carboxylic acids is 1. The zero-order valence-corrected chi connectivity index (χ0v) is 24.5. The topological polar surface area (TPSA) is 86.2 Å². The smallest absolute Gasteiger partial charge is 0.325 e. The summed E-state index contributed by atoms with van der Waals surface area (Å²) in [4.78, 5) is 24.9. The monoisotopic (exact) mass is 638 g/mol. The number of halogens is 4. The minimum absolute atomic E-state index is 0.00364. The predicted octanol–water partition coefficient (Wildman–Crippen LogP) is 4.82. The summed E-state index contributed by atoms with van der Waals surface area (Å²) < 4.78 is 66.2. The van der Waals surface area contributed by atoms with Crippen LogP contribution in [-0.4, -0.2) is 80.1 Å². The second-order valence-corrected chi connectivity index (χ2v) is 11.0. The summed E-state index contributed by atoms with van der Waals surface area (Å²) in [5, 5.41) is -0.0826. The van der Waals surface area contributed by atoms with Crippen LogP contribution in [0.4, 0.5) is 19.0 Å². The Morgan fingerprint density at radius 2 is 1.90 bits per heavy atom. The molecule has 2 atom stereocenters. The normalized spacial score (nSPS) is 20.2. The van der Waals surface area contributed by atoms with Gasteiger partial charge in [0.25, 0.3) is 0 Å². The molecule has 0 amide bonds. The molecule has 0 unspecified atom stereocenters. The van der Waals surface area contributed by atoms with Crippen LogP contribution in [0, 0.1) is 11.6 Å². The van der Waals surface area contributed by atoms with Crippen LogP contribution in [-0.2, 0) is 16.1 Å². The van der Waals surface area contributed by atoms with Crippen molar-refractivity contribution in [3.05, 3.63) is 45.9 Å². The Morgan fingerprint density at radius 3 is 2.59 bits per heavy atom. The lowest BCUT2D eigenvalue weighted by Gasteiger charge is -2.31. The molecule has 2 aliphatic heterocycles. The third-order valence-corrected chi connectivity index (χ3v) is 8.40. The highest BCUT2D eigenvalue weighted by molar-refractivity contribution is 9.10. The van der Waals surface area contributed by atoms with Crippen LogP contribution in [0.1, 0.15) is 24.8 Å². The molecular formula is C28H30BrF3N4O5. The van der Waals surface area contributed by atoms with Gasteiger partial charge in [-0.1, -0.05) is 12.1 Å². The van der Waals surface area contributed by atoms with Gasteiger partial charge in [-0.05, 0) is 53.0 Å². The average molecular weight is 639 g/mol. The Hall–Kier alpha value is -3.32. The highest BCUT2D eigenvalue weighted by atomic mass is 79.9. The summed E-state index contributed by atoms with van der Waals surface area (Å²) in [5.74, 6) is -2.25. The maximum Gasteiger partial charge on any atom is 0.325 e. The summed E-state index contributed by atoms with van der Waals surface area (Å²) >= 11 is 2.95. The molecule has 13 heteroatoms. The SMILES string of the molecule is COC(=O)CN(Cc1ccc(OC)cc1)c1nc(OC[C@@]23CCCN2C[C@H](F)C3)nc2c(F)c(Br)c(F)c(OC)c12. The maximum absolute atomic E-state index is 15.6. The van der Waals surface area contributed by atoms with Crippen molar-refractivity contribution in [2.45, 2.75) is 37.5 Å². The zero-order valence-electron chi connectivity index (χ0n) is 22.9. The van der Waals surface area contributed by atoms with Crippen molar-refractivity contribution in [2.24, 2.45) is 0 Å². The van der Waals surface area contributed by atoms with Crippen LogP contribution in [0.25, 0.3) is 10.9 Å². The van der Waals surface area contributed by atoms with Crippen molar-refractivity contribution >= 4 is 38.6 Å². The van der Waals surface area contributed by atoms with Crippen molar-refractivity contribution in [2.75, 3.05) is 52.5 Å². The molecular weight excluding hydrogens is 609 g/mol. The molecule has 0 N–H and O–H groups in total. The Morgan fingerprint density at radius 1 is 1.15 bits per heavy atom. The standard InChI is InChI=1S/C28H30BrF3N4O5/c1-38-18-7-5-16(6-8-18)12-35(14-19(37)39-2)26-20-24(22(31)21(29)23(32)25(20)40-3)33-27(34-26)41-15-28-9-4-10-36(28)13-17(30)11-28/h5-8,17H,4,9-15H2,1-3H3/t17-,28+/m1/s1. The molecule has 5 rings (SSSR count). The number of fused-ring (bicyclic) bond motifs is 2. The van der Waals surface area contributed by atoms with Crippen LogP contribution in [0.3, 0.4) is 0 Å². The van der Waals surface area contributed by atoms with Crippen molar-refractivity contribution < 1.29 is 36.9 Å². The highest BCUT2D eigenvalue weighted by Crippen LogP contribution is 2.43. The van der Waals surface area contributed by atoms with Crippen molar-refractivity contribution in [3.8, 4) is 17.5 Å². The predicted molar refractivity (Wildman–Crippen MR) is 148 cm³/mol. The Kier molecular flexibility index (Phi) is 8.46. The van der Waals surface area contributed by atoms with Crippen LogP contribution in [0.5, 0.6) is 17.5 Å². The lowest BCUT2D eigenvalue weighted by Crippen LogP contribution is -2.43. The molecule has 2 aliphatic rings. The van der Waals surface area contributed by atoms with E-state index in [-0.39, 0.29) is 48.2 Å². The van der Waals surface area contributed by atoms with Gasteiger partial charge < -0.3 is 23.8 Å². The van der Waals surface area contributed by atoms with E-state index in [1.165, 1.54) is 19.1 Å². The second-order valence-electron chi connectivity index (χ2n) is 10.2. The van der Waals surface area contributed by atoms with Gasteiger partial charge in [-0.15, -0.1) is 0 Å². The number of alkyl halides is 1. The first kappa shape index (κ1) is 29.2. The number of carbonyl (C=O) groups is 1. The van der Waals surface area contributed by atoms with Crippen molar-refractivity contribution in [3.63, 3.8) is 0 Å². The molecule has 9 nitrogen and oxygen atoms in total. The summed E-state index contributed by atoms with van der Waals surface area (Å²) in [5.41, 5.74) is -0.0246. The van der Waals surface area contributed by atoms with Gasteiger partial charge in [0.2, 0.25) is 0 Å². The van der Waals surface area contributed by atoms with E-state index in [0.717, 1.165) is 24.9 Å². The van der Waals surface area contributed by atoms with Crippen molar-refractivity contribution in [1.82, 2.24) is 14.9 Å². The van der Waals surface area contributed by atoms with Crippen LogP contribution in [0.15, 0.2) is 28.7 Å². The van der Waals surface area contributed by atoms with Crippen LogP contribution in [0.2, 0.25) is 0 Å². The average Bonchev–Trinajstić information content (AvgIpc) is 3.50. The molecule has 2 fully saturated rings. The van der Waals surface area contributed by atoms with Gasteiger partial charge in [0.05, 0.1) is 36.7 Å². The fourth-order valence-electron chi connectivity index (χ4n) is 5.72. The van der Waals surface area contributed by atoms with E-state index in [4.69, 9.17) is 18.9 Å². The first-order chi connectivity index (χ1) is 19.7. The number of benzene rings is 2. The fourth-order valence-corrected chi connectivity index (χ4v) is 6.08. The van der Waals surface area contributed by atoms with E-state index in [9.17, 15) is 9.18 Å². The maximum atomic E-state index is 15.6. The lowest BCUT2D eigenvalue weighted by molar-refractivity contribution is -0.139. The molecule has 0 saturated carbocycles. The number of esters is 1. The van der Waals surface area contributed by atoms with Crippen molar-refractivity contribution in [1.29, 1.82) is 0 Å². The molecule has 2 aromatic carbocycles. The molecule has 220 valence electrons. The number of methoxy groups -OCH3 is 3. The van der Waals surface area contributed by atoms with Gasteiger partial charge in [0.1, 0.15) is 36.4 Å². The fraction of sp³-hybridized carbons (Fsp3) is 0.464. The third-order valence-electron chi connectivity index (χ3n) is 7.70. The van der Waals surface area contributed by atoms with Gasteiger partial charge in [0.15, 0.2) is 17.4 Å². The Labute approximate surface area is 243 Å². The molecule has 1 aromatic heterocycles. The van der Waals surface area contributed by atoms with Crippen LogP contribution < -0.4 is 19.1 Å². The van der Waals surface area contributed by atoms with E-state index in [0.29, 0.717) is 18.7 Å². The van der Waals surface area contributed by atoms with E-state index in [1.807, 2.05) is 0 Å². The van der Waals surface area contributed by atoms with Gasteiger partial charge in [-0.25, -0.2) is 13.2 Å². The molecule has 41 heavy (non-hydrogen) atoms. The minimum atomic E-state index is -0.987. The molecule has 0 aliphatic carbocycles. The second kappa shape index (κ2) is 11.9. The van der Waals surface area contributed by atoms with Gasteiger partial charge in [-0.2, -0.15) is 9.97 Å². The Bertz CT molecular complexity index is 1450. The van der Waals surface area contributed by atoms with E-state index in [2.05, 4.69) is 30.8 Å². The first-order valence-electron chi connectivity index (χ1n) is 13.1. The number of nitrogens with zero attached hydrogens (tertiary/aromatic N) is 4. The van der Waals surface area contributed by atoms with Gasteiger partial charge in [0, 0.05) is 19.5 Å². The quantitative estimate of drug-likeness (QED) is 0.229. The summed E-state index contributed by atoms with van der Waals surface area (Å²) in [7, 11) is 4.03. The van der Waals surface area contributed by atoms with E-state index in [1.54, 1.807) is 31.4 Å². The number of hydrogen-bond donors (Lipinski definition) is 0. The van der Waals surface area contributed by atoms with Crippen LogP contribution >= 0.6 is 15.9 Å². The van der Waals surface area contributed by atoms with E-state index >= 15 is 8.78 Å². The molecule has 3 aromatic rings. The van der Waals surface area contributed by atoms with Gasteiger partial charge >= 0.3 is 12.0 Å². The number of anilines is 1. The Balaban J connectivity index is 1.63. The number of aromatic nitrogens is 2. The molecule has 2 saturated heterocycles. The molecule has 0 spiro atoms. The number of hydrogen-bond acceptors (Lipinski definition) is 9. The van der Waals surface area contributed by atoms with E-state index < -0.39 is 33.8 Å². The summed E-state index contributed by atoms with van der Waals surface area (Å²) in [6.45, 7) is 0.988.